The molecule has 0 saturated heterocycles. The van der Waals surface area contributed by atoms with Crippen LogP contribution in [0.5, 0.6) is 0 Å². The van der Waals surface area contributed by atoms with Crippen molar-refractivity contribution < 1.29 is 4.74 Å². The van der Waals surface area contributed by atoms with Crippen molar-refractivity contribution in [1.82, 2.24) is 5.32 Å². The van der Waals surface area contributed by atoms with Crippen molar-refractivity contribution in [2.75, 3.05) is 7.11 Å². The minimum absolute atomic E-state index is 0.0212. The topological polar surface area (TPSA) is 21.3 Å². The van der Waals surface area contributed by atoms with Gasteiger partial charge in [-0.25, -0.2) is 0 Å². The predicted molar refractivity (Wildman–Crippen MR) is 74.4 cm³/mol. The Labute approximate surface area is 112 Å². The highest BCUT2D eigenvalue weighted by Crippen LogP contribution is 2.46. The molecule has 0 radical (unpaired) electrons. The Kier molecular flexibility index (Phi) is 3.95. The largest absolute Gasteiger partial charge is 0.364 e. The van der Waals surface area contributed by atoms with E-state index in [2.05, 4.69) is 5.32 Å². The van der Waals surface area contributed by atoms with Crippen molar-refractivity contribution in [2.24, 2.45) is 11.8 Å². The molecule has 3 saturated carbocycles. The number of methoxy groups -OCH3 is 1. The summed E-state index contributed by atoms with van der Waals surface area (Å²) in [5.41, 5.74) is 0.0212. The quantitative estimate of drug-likeness (QED) is 0.766. The average molecular weight is 251 g/mol. The van der Waals surface area contributed by atoms with E-state index in [1.54, 1.807) is 0 Å². The molecule has 104 valence electrons. The monoisotopic (exact) mass is 251 g/mol. The maximum Gasteiger partial charge on any atom is 0.119 e. The first-order chi connectivity index (χ1) is 8.81. The zero-order chi connectivity index (χ0) is 12.4. The normalized spacial score (nSPS) is 38.8. The Bertz CT molecular complexity index is 260. The third-order valence-electron chi connectivity index (χ3n) is 5.59. The van der Waals surface area contributed by atoms with Gasteiger partial charge in [-0.15, -0.1) is 0 Å². The van der Waals surface area contributed by atoms with Gasteiger partial charge in [0.05, 0.1) is 0 Å². The van der Waals surface area contributed by atoms with Crippen LogP contribution >= 0.6 is 0 Å². The lowest BCUT2D eigenvalue weighted by molar-refractivity contribution is -0.0865. The molecule has 1 N–H and O–H groups in total. The molecule has 0 aliphatic heterocycles. The van der Waals surface area contributed by atoms with Crippen LogP contribution in [0.15, 0.2) is 0 Å². The lowest BCUT2D eigenvalue weighted by Gasteiger charge is -2.43. The van der Waals surface area contributed by atoms with E-state index in [9.17, 15) is 0 Å². The van der Waals surface area contributed by atoms with Crippen LogP contribution in [0, 0.1) is 11.8 Å². The molecule has 0 aromatic rings. The van der Waals surface area contributed by atoms with Gasteiger partial charge in [-0.1, -0.05) is 19.3 Å². The van der Waals surface area contributed by atoms with Crippen molar-refractivity contribution in [3.63, 3.8) is 0 Å². The number of nitrogens with one attached hydrogen (secondary N) is 1. The van der Waals surface area contributed by atoms with E-state index in [4.69, 9.17) is 4.74 Å². The second-order valence-corrected chi connectivity index (χ2v) is 6.85. The van der Waals surface area contributed by atoms with Crippen molar-refractivity contribution in [2.45, 2.75) is 82.4 Å². The molecule has 0 spiro atoms. The van der Waals surface area contributed by atoms with Crippen LogP contribution < -0.4 is 5.32 Å². The summed E-state index contributed by atoms with van der Waals surface area (Å²) < 4.78 is 5.92. The molecule has 18 heavy (non-hydrogen) atoms. The molecule has 0 unspecified atom stereocenters. The average Bonchev–Trinajstić information content (AvgIpc) is 3.25. The maximum atomic E-state index is 5.92. The highest BCUT2D eigenvalue weighted by molar-refractivity contribution is 4.92. The van der Waals surface area contributed by atoms with Crippen LogP contribution in [-0.2, 0) is 4.74 Å². The molecule has 0 heterocycles. The van der Waals surface area contributed by atoms with Crippen molar-refractivity contribution in [1.29, 1.82) is 0 Å². The SMILES string of the molecule is COC1(NC2CCCCC2)CCC(C2CC2)CC1. The second-order valence-electron chi connectivity index (χ2n) is 6.85. The lowest BCUT2D eigenvalue weighted by atomic mass is 9.80. The fourth-order valence-corrected chi connectivity index (χ4v) is 4.17. The Morgan fingerprint density at radius 3 is 2.00 bits per heavy atom. The molecule has 2 heteroatoms. The first kappa shape index (κ1) is 12.9. The van der Waals surface area contributed by atoms with Crippen LogP contribution in [-0.4, -0.2) is 18.9 Å². The Balaban J connectivity index is 1.53. The summed E-state index contributed by atoms with van der Waals surface area (Å²) in [5, 5.41) is 3.88. The summed E-state index contributed by atoms with van der Waals surface area (Å²) in [6.45, 7) is 0. The summed E-state index contributed by atoms with van der Waals surface area (Å²) in [6, 6.07) is 0.719. The molecule has 0 atom stereocenters. The van der Waals surface area contributed by atoms with Gasteiger partial charge in [0.2, 0.25) is 0 Å². The minimum Gasteiger partial charge on any atom is -0.364 e. The molecule has 0 bridgehead atoms. The second kappa shape index (κ2) is 5.50. The summed E-state index contributed by atoms with van der Waals surface area (Å²) in [7, 11) is 1.91. The zero-order valence-electron chi connectivity index (χ0n) is 11.9. The predicted octanol–water partition coefficient (Wildman–Crippen LogP) is 3.85. The summed E-state index contributed by atoms with van der Waals surface area (Å²) >= 11 is 0. The van der Waals surface area contributed by atoms with Crippen molar-refractivity contribution in [3.8, 4) is 0 Å². The first-order valence-electron chi connectivity index (χ1n) is 8.14. The van der Waals surface area contributed by atoms with Crippen LogP contribution in [0.25, 0.3) is 0 Å². The molecule has 2 nitrogen and oxygen atoms in total. The number of rotatable bonds is 4. The van der Waals surface area contributed by atoms with Gasteiger partial charge < -0.3 is 4.74 Å². The van der Waals surface area contributed by atoms with Crippen LogP contribution in [0.2, 0.25) is 0 Å². The molecule has 3 aliphatic rings. The fourth-order valence-electron chi connectivity index (χ4n) is 4.17. The number of hydrogen-bond donors (Lipinski definition) is 1. The van der Waals surface area contributed by atoms with E-state index in [0.717, 1.165) is 17.9 Å². The number of hydrogen-bond acceptors (Lipinski definition) is 2. The van der Waals surface area contributed by atoms with Gasteiger partial charge in [-0.05, 0) is 63.2 Å². The van der Waals surface area contributed by atoms with Crippen molar-refractivity contribution >= 4 is 0 Å². The Hall–Kier alpha value is -0.0800. The first-order valence-corrected chi connectivity index (χ1v) is 8.14. The fraction of sp³-hybridized carbons (Fsp3) is 1.00. The van der Waals surface area contributed by atoms with E-state index < -0.39 is 0 Å². The summed E-state index contributed by atoms with van der Waals surface area (Å²) in [4.78, 5) is 0. The van der Waals surface area contributed by atoms with Crippen molar-refractivity contribution in [3.05, 3.63) is 0 Å². The van der Waals surface area contributed by atoms with Crippen LogP contribution in [0.3, 0.4) is 0 Å². The van der Waals surface area contributed by atoms with Gasteiger partial charge in [-0.3, -0.25) is 5.32 Å². The number of ether oxygens (including phenoxy) is 1. The highest BCUT2D eigenvalue weighted by atomic mass is 16.5. The maximum absolute atomic E-state index is 5.92. The van der Waals surface area contributed by atoms with Crippen LogP contribution in [0.1, 0.15) is 70.6 Å². The van der Waals surface area contributed by atoms with E-state index in [0.29, 0.717) is 0 Å². The third kappa shape index (κ3) is 2.91. The summed E-state index contributed by atoms with van der Waals surface area (Å²) in [5.74, 6) is 2.09. The lowest BCUT2D eigenvalue weighted by Crippen LogP contribution is -2.54. The molecule has 0 amide bonds. The molecule has 0 aromatic heterocycles. The van der Waals surface area contributed by atoms with Crippen LogP contribution in [0.4, 0.5) is 0 Å². The molecule has 3 rings (SSSR count). The van der Waals surface area contributed by atoms with Gasteiger partial charge >= 0.3 is 0 Å². The molecule has 0 aromatic carbocycles. The van der Waals surface area contributed by atoms with E-state index in [-0.39, 0.29) is 5.72 Å². The van der Waals surface area contributed by atoms with Gasteiger partial charge in [0.15, 0.2) is 0 Å². The standard InChI is InChI=1S/C16H29NO/c1-18-16(17-15-5-3-2-4-6-15)11-9-14(10-12-16)13-7-8-13/h13-15,17H,2-12H2,1H3. The highest BCUT2D eigenvalue weighted by Gasteiger charge is 2.41. The zero-order valence-corrected chi connectivity index (χ0v) is 11.9. The summed E-state index contributed by atoms with van der Waals surface area (Å²) in [6.07, 6.45) is 15.2. The van der Waals surface area contributed by atoms with Gasteiger partial charge in [0.1, 0.15) is 5.72 Å². The molecule has 3 fully saturated rings. The van der Waals surface area contributed by atoms with Gasteiger partial charge in [0.25, 0.3) is 0 Å². The Morgan fingerprint density at radius 2 is 1.44 bits per heavy atom. The van der Waals surface area contributed by atoms with Gasteiger partial charge in [0, 0.05) is 13.2 Å². The van der Waals surface area contributed by atoms with E-state index >= 15 is 0 Å². The van der Waals surface area contributed by atoms with E-state index in [1.807, 2.05) is 7.11 Å². The third-order valence-corrected chi connectivity index (χ3v) is 5.59. The van der Waals surface area contributed by atoms with Gasteiger partial charge in [-0.2, -0.15) is 0 Å². The van der Waals surface area contributed by atoms with E-state index in [1.165, 1.54) is 70.6 Å². The minimum atomic E-state index is 0.0212. The molecule has 3 aliphatic carbocycles. The molecular weight excluding hydrogens is 222 g/mol. The smallest absolute Gasteiger partial charge is 0.119 e. The molecular formula is C16H29NO. The Morgan fingerprint density at radius 1 is 0.833 bits per heavy atom.